The second-order valence-corrected chi connectivity index (χ2v) is 7.38. The molecule has 146 valence electrons. The summed E-state index contributed by atoms with van der Waals surface area (Å²) in [4.78, 5) is 11.3. The maximum Gasteiger partial charge on any atom is 0.183 e. The zero-order valence-corrected chi connectivity index (χ0v) is 16.2. The lowest BCUT2D eigenvalue weighted by atomic mass is 10.1. The number of aryl methyl sites for hydroxylation is 1. The number of nitrogens with zero attached hydrogens (tertiary/aromatic N) is 6. The van der Waals surface area contributed by atoms with Gasteiger partial charge >= 0.3 is 0 Å². The van der Waals surface area contributed by atoms with Crippen LogP contribution in [0.2, 0.25) is 0 Å². The van der Waals surface area contributed by atoms with Crippen LogP contribution in [0, 0.1) is 6.92 Å². The summed E-state index contributed by atoms with van der Waals surface area (Å²) >= 11 is 0. The highest BCUT2D eigenvalue weighted by atomic mass is 15.3. The Balaban J connectivity index is 1.37. The van der Waals surface area contributed by atoms with Gasteiger partial charge in [0, 0.05) is 54.7 Å². The summed E-state index contributed by atoms with van der Waals surface area (Å²) < 4.78 is 0. The van der Waals surface area contributed by atoms with Gasteiger partial charge in [-0.3, -0.25) is 10.1 Å². The van der Waals surface area contributed by atoms with Crippen molar-refractivity contribution in [2.24, 2.45) is 0 Å². The van der Waals surface area contributed by atoms with Gasteiger partial charge in [0.1, 0.15) is 0 Å². The van der Waals surface area contributed by atoms with Gasteiger partial charge in [0.25, 0.3) is 0 Å². The van der Waals surface area contributed by atoms with Crippen LogP contribution in [-0.4, -0.2) is 56.0 Å². The fourth-order valence-electron chi connectivity index (χ4n) is 3.82. The predicted octanol–water partition coefficient (Wildman–Crippen LogP) is 2.14. The Morgan fingerprint density at radius 2 is 2.17 bits per heavy atom. The van der Waals surface area contributed by atoms with Crippen LogP contribution in [0.15, 0.2) is 48.9 Å². The topological polar surface area (TPSA) is 95.5 Å². The first-order chi connectivity index (χ1) is 14.3. The monoisotopic (exact) mass is 386 g/mol. The minimum absolute atomic E-state index is 0.344. The minimum Gasteiger partial charge on any atom is -0.352 e. The van der Waals surface area contributed by atoms with E-state index in [0.29, 0.717) is 11.9 Å². The lowest BCUT2D eigenvalue weighted by Crippen LogP contribution is -2.52. The molecule has 0 aliphatic carbocycles. The molecule has 1 atom stereocenters. The number of pyridine rings is 1. The van der Waals surface area contributed by atoms with Crippen LogP contribution in [0.1, 0.15) is 11.3 Å². The summed E-state index contributed by atoms with van der Waals surface area (Å²) in [6, 6.07) is 10.5. The van der Waals surface area contributed by atoms with Gasteiger partial charge in [-0.25, -0.2) is 4.98 Å². The van der Waals surface area contributed by atoms with Crippen molar-refractivity contribution in [3.05, 3.63) is 60.2 Å². The van der Waals surface area contributed by atoms with E-state index in [2.05, 4.69) is 47.7 Å². The van der Waals surface area contributed by atoms with Gasteiger partial charge in [0.2, 0.25) is 0 Å². The molecule has 0 bridgehead atoms. The molecule has 2 N–H and O–H groups in total. The molecule has 4 heterocycles. The molecular formula is C21H22N8. The molecule has 0 radical (unpaired) electrons. The fraction of sp³-hybridized carbons (Fsp3) is 0.286. The van der Waals surface area contributed by atoms with Gasteiger partial charge in [-0.1, -0.05) is 6.07 Å². The highest BCUT2D eigenvalue weighted by molar-refractivity contribution is 5.85. The van der Waals surface area contributed by atoms with Crippen molar-refractivity contribution in [2.45, 2.75) is 19.4 Å². The van der Waals surface area contributed by atoms with Crippen molar-refractivity contribution in [2.75, 3.05) is 24.5 Å². The predicted molar refractivity (Wildman–Crippen MR) is 112 cm³/mol. The summed E-state index contributed by atoms with van der Waals surface area (Å²) in [6.07, 6.45) is 6.42. The number of hydrogen-bond acceptors (Lipinski definition) is 7. The molecule has 1 aliphatic rings. The van der Waals surface area contributed by atoms with Crippen molar-refractivity contribution in [1.82, 2.24) is 35.7 Å². The van der Waals surface area contributed by atoms with Crippen LogP contribution in [-0.2, 0) is 6.42 Å². The third-order valence-corrected chi connectivity index (χ3v) is 5.33. The largest absolute Gasteiger partial charge is 0.352 e. The molecule has 1 unspecified atom stereocenters. The van der Waals surface area contributed by atoms with Crippen LogP contribution >= 0.6 is 0 Å². The standard InChI is InChI=1S/C21H22N8/c1-14-18-10-16(4-5-19(18)27-26-14)21-25-20(12-24-28-21)29-8-7-23-17(13-29)9-15-3-2-6-22-11-15/h2-6,10-12,17,23H,7-9,13H2,1H3,(H,26,27). The Labute approximate surface area is 168 Å². The number of hydrogen-bond donors (Lipinski definition) is 2. The van der Waals surface area contributed by atoms with Crippen molar-refractivity contribution in [1.29, 1.82) is 0 Å². The van der Waals surface area contributed by atoms with E-state index >= 15 is 0 Å². The van der Waals surface area contributed by atoms with Crippen LogP contribution in [0.4, 0.5) is 5.82 Å². The molecule has 29 heavy (non-hydrogen) atoms. The van der Waals surface area contributed by atoms with E-state index < -0.39 is 0 Å². The minimum atomic E-state index is 0.344. The number of rotatable bonds is 4. The third kappa shape index (κ3) is 3.66. The van der Waals surface area contributed by atoms with Gasteiger partial charge < -0.3 is 10.2 Å². The first kappa shape index (κ1) is 17.7. The van der Waals surface area contributed by atoms with Crippen LogP contribution in [0.5, 0.6) is 0 Å². The van der Waals surface area contributed by atoms with Gasteiger partial charge in [-0.05, 0) is 43.2 Å². The zero-order valence-electron chi connectivity index (χ0n) is 16.2. The quantitative estimate of drug-likeness (QED) is 0.555. The van der Waals surface area contributed by atoms with Crippen molar-refractivity contribution < 1.29 is 0 Å². The molecule has 1 aliphatic heterocycles. The van der Waals surface area contributed by atoms with E-state index in [9.17, 15) is 0 Å². The molecule has 8 heteroatoms. The molecule has 8 nitrogen and oxygen atoms in total. The van der Waals surface area contributed by atoms with E-state index in [1.165, 1.54) is 5.56 Å². The summed E-state index contributed by atoms with van der Waals surface area (Å²) in [5, 5.41) is 20.5. The average molecular weight is 386 g/mol. The zero-order chi connectivity index (χ0) is 19.6. The number of piperazine rings is 1. The molecule has 4 aromatic rings. The number of fused-ring (bicyclic) bond motifs is 1. The Morgan fingerprint density at radius 3 is 3.07 bits per heavy atom. The first-order valence-corrected chi connectivity index (χ1v) is 9.78. The van der Waals surface area contributed by atoms with Gasteiger partial charge in [0.15, 0.2) is 11.6 Å². The number of benzene rings is 1. The SMILES string of the molecule is Cc1[nH]nc2ccc(-c3nncc(N4CCNC(Cc5cccnc5)C4)n3)cc12. The third-order valence-electron chi connectivity index (χ3n) is 5.33. The van der Waals surface area contributed by atoms with E-state index in [1.807, 2.05) is 31.3 Å². The van der Waals surface area contributed by atoms with Gasteiger partial charge in [0.05, 0.1) is 11.7 Å². The average Bonchev–Trinajstić information content (AvgIpc) is 3.15. The Hall–Kier alpha value is -3.39. The van der Waals surface area contributed by atoms with E-state index in [1.54, 1.807) is 12.4 Å². The first-order valence-electron chi connectivity index (χ1n) is 9.78. The molecule has 5 rings (SSSR count). The van der Waals surface area contributed by atoms with Gasteiger partial charge in [-0.2, -0.15) is 10.2 Å². The molecule has 0 saturated carbocycles. The fourth-order valence-corrected chi connectivity index (χ4v) is 3.82. The molecule has 1 aromatic carbocycles. The number of nitrogens with one attached hydrogen (secondary N) is 2. The maximum absolute atomic E-state index is 4.81. The Morgan fingerprint density at radius 1 is 1.21 bits per heavy atom. The summed E-state index contributed by atoms with van der Waals surface area (Å²) in [5.41, 5.74) is 4.15. The van der Waals surface area contributed by atoms with Gasteiger partial charge in [-0.15, -0.1) is 5.10 Å². The second-order valence-electron chi connectivity index (χ2n) is 7.38. The molecule has 1 saturated heterocycles. The van der Waals surface area contributed by atoms with Crippen LogP contribution in [0.3, 0.4) is 0 Å². The van der Waals surface area contributed by atoms with Crippen molar-refractivity contribution >= 4 is 16.7 Å². The Bertz CT molecular complexity index is 1120. The van der Waals surface area contributed by atoms with E-state index in [-0.39, 0.29) is 0 Å². The number of aromatic amines is 1. The highest BCUT2D eigenvalue weighted by Gasteiger charge is 2.21. The van der Waals surface area contributed by atoms with E-state index in [0.717, 1.165) is 54.0 Å². The lowest BCUT2D eigenvalue weighted by Gasteiger charge is -2.34. The number of aromatic nitrogens is 6. The van der Waals surface area contributed by atoms with Crippen LogP contribution < -0.4 is 10.2 Å². The molecule has 1 fully saturated rings. The summed E-state index contributed by atoms with van der Waals surface area (Å²) in [7, 11) is 0. The summed E-state index contributed by atoms with van der Waals surface area (Å²) in [5.74, 6) is 1.49. The Kier molecular flexibility index (Phi) is 4.61. The maximum atomic E-state index is 4.81. The molecule has 0 amide bonds. The smallest absolute Gasteiger partial charge is 0.183 e. The van der Waals surface area contributed by atoms with Crippen molar-refractivity contribution in [3.63, 3.8) is 0 Å². The number of H-pyrrole nitrogens is 1. The van der Waals surface area contributed by atoms with Crippen LogP contribution in [0.25, 0.3) is 22.3 Å². The second kappa shape index (κ2) is 7.56. The molecule has 0 spiro atoms. The molecule has 3 aromatic heterocycles. The summed E-state index contributed by atoms with van der Waals surface area (Å²) in [6.45, 7) is 4.68. The van der Waals surface area contributed by atoms with Crippen molar-refractivity contribution in [3.8, 4) is 11.4 Å². The highest BCUT2D eigenvalue weighted by Crippen LogP contribution is 2.24. The number of anilines is 1. The van der Waals surface area contributed by atoms with E-state index in [4.69, 9.17) is 4.98 Å². The molecular weight excluding hydrogens is 364 g/mol. The lowest BCUT2D eigenvalue weighted by molar-refractivity contribution is 0.452. The normalized spacial score (nSPS) is 17.0.